The lowest BCUT2D eigenvalue weighted by Crippen LogP contribution is -2.41. The average Bonchev–Trinajstić information content (AvgIpc) is 3.27. The summed E-state index contributed by atoms with van der Waals surface area (Å²) in [6.45, 7) is 6.06. The molecule has 2 aliphatic rings. The number of hydrogen-bond acceptors (Lipinski definition) is 4. The number of thiocarbonyl (C=S) groups is 1. The predicted molar refractivity (Wildman–Crippen MR) is 138 cm³/mol. The molecular weight excluding hydrogens is 495 g/mol. The van der Waals surface area contributed by atoms with Crippen molar-refractivity contribution in [2.45, 2.75) is 57.5 Å². The number of rotatable bonds is 5. The largest absolute Gasteiger partial charge is 0.433 e. The van der Waals surface area contributed by atoms with Crippen LogP contribution in [0.2, 0.25) is 5.02 Å². The Morgan fingerprint density at radius 3 is 2.46 bits per heavy atom. The van der Waals surface area contributed by atoms with Gasteiger partial charge in [-0.2, -0.15) is 18.2 Å². The Kier molecular flexibility index (Phi) is 7.76. The summed E-state index contributed by atoms with van der Waals surface area (Å²) in [6.07, 6.45) is 0.622. The van der Waals surface area contributed by atoms with Crippen molar-refractivity contribution < 1.29 is 13.2 Å². The second-order valence-corrected chi connectivity index (χ2v) is 10.9. The van der Waals surface area contributed by atoms with Crippen molar-refractivity contribution in [3.8, 4) is 0 Å². The molecule has 0 spiro atoms. The first-order valence-electron chi connectivity index (χ1n) is 12.1. The summed E-state index contributed by atoms with van der Waals surface area (Å²) in [4.78, 5) is 10.0. The van der Waals surface area contributed by atoms with Gasteiger partial charge < -0.3 is 15.5 Å². The van der Waals surface area contributed by atoms with Gasteiger partial charge in [-0.15, -0.1) is 0 Å². The third-order valence-electron chi connectivity index (χ3n) is 7.01. The van der Waals surface area contributed by atoms with E-state index in [-0.39, 0.29) is 22.3 Å². The molecule has 1 saturated carbocycles. The van der Waals surface area contributed by atoms with E-state index >= 15 is 0 Å². The summed E-state index contributed by atoms with van der Waals surface area (Å²) in [5.41, 5.74) is 0.0323. The second kappa shape index (κ2) is 10.5. The molecular formula is C25H31ClF3N5S. The van der Waals surface area contributed by atoms with Gasteiger partial charge in [0.1, 0.15) is 5.82 Å². The fourth-order valence-electron chi connectivity index (χ4n) is 5.48. The molecule has 2 fully saturated rings. The van der Waals surface area contributed by atoms with Gasteiger partial charge >= 0.3 is 6.18 Å². The Morgan fingerprint density at radius 2 is 1.83 bits per heavy atom. The van der Waals surface area contributed by atoms with Crippen molar-refractivity contribution in [2.75, 3.05) is 29.9 Å². The van der Waals surface area contributed by atoms with Crippen LogP contribution in [0.5, 0.6) is 0 Å². The third-order valence-corrected chi connectivity index (χ3v) is 7.49. The molecule has 1 saturated heterocycles. The number of piperidine rings is 1. The van der Waals surface area contributed by atoms with Crippen LogP contribution in [0.15, 0.2) is 30.3 Å². The zero-order valence-corrected chi connectivity index (χ0v) is 21.5. The molecule has 1 aromatic carbocycles. The molecule has 1 aliphatic heterocycles. The van der Waals surface area contributed by atoms with Crippen LogP contribution in [0, 0.1) is 11.8 Å². The van der Waals surface area contributed by atoms with E-state index in [0.717, 1.165) is 43.7 Å². The molecule has 2 heterocycles. The molecule has 35 heavy (non-hydrogen) atoms. The molecule has 2 atom stereocenters. The third kappa shape index (κ3) is 6.36. The van der Waals surface area contributed by atoms with Gasteiger partial charge in [-0.1, -0.05) is 50.4 Å². The van der Waals surface area contributed by atoms with Crippen LogP contribution in [0.3, 0.4) is 0 Å². The number of aromatic nitrogens is 2. The minimum Gasteiger partial charge on any atom is -0.361 e. The first kappa shape index (κ1) is 25.9. The molecule has 0 radical (unpaired) electrons. The van der Waals surface area contributed by atoms with E-state index in [1.165, 1.54) is 0 Å². The van der Waals surface area contributed by atoms with Gasteiger partial charge in [-0.05, 0) is 61.0 Å². The number of anilines is 2. The second-order valence-electron chi connectivity index (χ2n) is 10.1. The van der Waals surface area contributed by atoms with Crippen LogP contribution in [0.25, 0.3) is 0 Å². The Labute approximate surface area is 214 Å². The van der Waals surface area contributed by atoms with Crippen LogP contribution in [0.1, 0.15) is 57.2 Å². The number of alkyl halides is 3. The number of nitrogens with zero attached hydrogens (tertiary/aromatic N) is 3. The monoisotopic (exact) mass is 525 g/mol. The zero-order valence-electron chi connectivity index (χ0n) is 20.0. The maximum atomic E-state index is 13.6. The minimum absolute atomic E-state index is 0.128. The van der Waals surface area contributed by atoms with Crippen LogP contribution < -0.4 is 15.5 Å². The van der Waals surface area contributed by atoms with E-state index < -0.39 is 11.9 Å². The van der Waals surface area contributed by atoms with Crippen molar-refractivity contribution in [1.82, 2.24) is 15.3 Å². The highest BCUT2D eigenvalue weighted by molar-refractivity contribution is 7.80. The van der Waals surface area contributed by atoms with Gasteiger partial charge in [0, 0.05) is 36.1 Å². The van der Waals surface area contributed by atoms with Crippen LogP contribution in [0.4, 0.5) is 24.9 Å². The molecule has 0 amide bonds. The van der Waals surface area contributed by atoms with Crippen LogP contribution >= 0.6 is 23.8 Å². The van der Waals surface area contributed by atoms with E-state index in [0.29, 0.717) is 36.5 Å². The van der Waals surface area contributed by atoms with Crippen LogP contribution in [-0.4, -0.2) is 34.7 Å². The summed E-state index contributed by atoms with van der Waals surface area (Å²) in [5.74, 6) is 0.858. The van der Waals surface area contributed by atoms with E-state index in [1.54, 1.807) is 0 Å². The average molecular weight is 526 g/mol. The number of nitrogens with one attached hydrogen (secondary N) is 2. The van der Waals surface area contributed by atoms with E-state index in [4.69, 9.17) is 23.8 Å². The fourth-order valence-corrected chi connectivity index (χ4v) is 5.83. The number of hydrogen-bond donors (Lipinski definition) is 2. The highest BCUT2D eigenvalue weighted by Crippen LogP contribution is 2.41. The van der Waals surface area contributed by atoms with E-state index in [9.17, 15) is 13.2 Å². The lowest BCUT2D eigenvalue weighted by Gasteiger charge is -2.36. The molecule has 1 aliphatic carbocycles. The molecule has 190 valence electrons. The van der Waals surface area contributed by atoms with Gasteiger partial charge in [0.2, 0.25) is 5.95 Å². The molecule has 2 N–H and O–H groups in total. The summed E-state index contributed by atoms with van der Waals surface area (Å²) in [5, 5.41) is 6.89. The topological polar surface area (TPSA) is 53.1 Å². The Hall–Kier alpha value is -2.13. The van der Waals surface area contributed by atoms with Crippen molar-refractivity contribution in [2.24, 2.45) is 11.8 Å². The maximum absolute atomic E-state index is 13.6. The predicted octanol–water partition coefficient (Wildman–Crippen LogP) is 6.43. The van der Waals surface area contributed by atoms with E-state index in [1.807, 2.05) is 23.1 Å². The smallest absolute Gasteiger partial charge is 0.361 e. The van der Waals surface area contributed by atoms with E-state index in [2.05, 4.69) is 40.5 Å². The van der Waals surface area contributed by atoms with Gasteiger partial charge in [0.15, 0.2) is 10.8 Å². The van der Waals surface area contributed by atoms with Crippen molar-refractivity contribution >= 4 is 40.7 Å². The Morgan fingerprint density at radius 1 is 1.14 bits per heavy atom. The van der Waals surface area contributed by atoms with Gasteiger partial charge in [0.05, 0.1) is 0 Å². The standard InChI is InChI=1S/C25H31ClF3N5S/c1-16-10-17(2)14-34(13-16)21-12-20(25(27,28)29)31-22(32-21)33-23(35)30-15-24(8-3-4-9-24)18-6-5-7-19(26)11-18/h5-7,11-12,16-17H,3-4,8-10,13-15H2,1-2H3,(H2,30,31,32,33,35)/t16-,17+. The van der Waals surface area contributed by atoms with Gasteiger partial charge in [0.25, 0.3) is 0 Å². The molecule has 4 rings (SSSR count). The van der Waals surface area contributed by atoms with Crippen LogP contribution in [-0.2, 0) is 11.6 Å². The summed E-state index contributed by atoms with van der Waals surface area (Å²) >= 11 is 11.7. The van der Waals surface area contributed by atoms with Crippen molar-refractivity contribution in [3.05, 3.63) is 46.6 Å². The Balaban J connectivity index is 1.51. The van der Waals surface area contributed by atoms with Gasteiger partial charge in [-0.25, -0.2) is 4.98 Å². The molecule has 0 unspecified atom stereocenters. The minimum atomic E-state index is -4.59. The zero-order chi connectivity index (χ0) is 25.2. The quantitative estimate of drug-likeness (QED) is 0.439. The molecule has 1 aromatic heterocycles. The summed E-state index contributed by atoms with van der Waals surface area (Å²) in [7, 11) is 0. The first-order valence-corrected chi connectivity index (χ1v) is 12.8. The number of benzene rings is 1. The maximum Gasteiger partial charge on any atom is 0.433 e. The lowest BCUT2D eigenvalue weighted by atomic mass is 9.79. The molecule has 5 nitrogen and oxygen atoms in total. The molecule has 10 heteroatoms. The molecule has 2 aromatic rings. The van der Waals surface area contributed by atoms with Crippen molar-refractivity contribution in [3.63, 3.8) is 0 Å². The molecule has 0 bridgehead atoms. The highest BCUT2D eigenvalue weighted by Gasteiger charge is 2.37. The Bertz CT molecular complexity index is 1050. The lowest BCUT2D eigenvalue weighted by molar-refractivity contribution is -0.141. The number of halogens is 4. The summed E-state index contributed by atoms with van der Waals surface area (Å²) in [6, 6.07) is 8.86. The highest BCUT2D eigenvalue weighted by atomic mass is 35.5. The summed E-state index contributed by atoms with van der Waals surface area (Å²) < 4.78 is 40.9. The normalized spacial score (nSPS) is 22.2. The SMILES string of the molecule is C[C@@H]1C[C@H](C)CN(c2cc(C(F)(F)F)nc(NC(=S)NCC3(c4cccc(Cl)c4)CCCC3)n2)C1. The first-order chi connectivity index (χ1) is 16.5. The van der Waals surface area contributed by atoms with Gasteiger partial charge in [-0.3, -0.25) is 0 Å². The van der Waals surface area contributed by atoms with Crippen molar-refractivity contribution in [1.29, 1.82) is 0 Å². The fraction of sp³-hybridized carbons (Fsp3) is 0.560.